The predicted molar refractivity (Wildman–Crippen MR) is 69.5 cm³/mol. The average molecular weight is 249 g/mol. The van der Waals surface area contributed by atoms with Crippen molar-refractivity contribution >= 4 is 11.9 Å². The number of nitrogens with one attached hydrogen (secondary N) is 1. The third-order valence-electron chi connectivity index (χ3n) is 2.72. The van der Waals surface area contributed by atoms with Crippen molar-refractivity contribution in [2.75, 3.05) is 6.54 Å². The minimum absolute atomic E-state index is 0.231. The zero-order valence-electron chi connectivity index (χ0n) is 10.8. The Labute approximate surface area is 107 Å². The fourth-order valence-electron chi connectivity index (χ4n) is 1.59. The van der Waals surface area contributed by atoms with E-state index in [1.165, 1.54) is 5.56 Å². The molecule has 0 aliphatic rings. The highest BCUT2D eigenvalue weighted by Crippen LogP contribution is 2.15. The highest BCUT2D eigenvalue weighted by molar-refractivity contribution is 5.81. The van der Waals surface area contributed by atoms with Crippen LogP contribution in [-0.2, 0) is 16.0 Å². The highest BCUT2D eigenvalue weighted by atomic mass is 16.4. The van der Waals surface area contributed by atoms with Gasteiger partial charge in [-0.2, -0.15) is 0 Å². The molecule has 0 radical (unpaired) electrons. The molecule has 1 rings (SSSR count). The van der Waals surface area contributed by atoms with Gasteiger partial charge in [0.15, 0.2) is 0 Å². The number of aliphatic carboxylic acids is 1. The smallest absolute Gasteiger partial charge is 0.322 e. The van der Waals surface area contributed by atoms with Crippen LogP contribution in [0.3, 0.4) is 0 Å². The van der Waals surface area contributed by atoms with E-state index in [0.29, 0.717) is 18.8 Å². The van der Waals surface area contributed by atoms with Gasteiger partial charge in [0.2, 0.25) is 5.91 Å². The number of aryl methyl sites for hydroxylation is 1. The summed E-state index contributed by atoms with van der Waals surface area (Å²) in [5, 5.41) is 10.8. The molecular weight excluding hydrogens is 230 g/mol. The van der Waals surface area contributed by atoms with Gasteiger partial charge in [0, 0.05) is 6.42 Å². The molecule has 0 saturated heterocycles. The van der Waals surface area contributed by atoms with E-state index in [-0.39, 0.29) is 12.5 Å². The molecule has 0 bridgehead atoms. The molecule has 0 unspecified atom stereocenters. The Morgan fingerprint density at radius 1 is 1.22 bits per heavy atom. The number of hydrogen-bond acceptors (Lipinski definition) is 2. The molecule has 2 N–H and O–H groups in total. The number of benzene rings is 1. The second kappa shape index (κ2) is 6.79. The zero-order valence-corrected chi connectivity index (χ0v) is 10.8. The number of carbonyl (C=O) groups excluding carboxylic acids is 1. The van der Waals surface area contributed by atoms with E-state index in [1.807, 2.05) is 12.1 Å². The van der Waals surface area contributed by atoms with Crippen LogP contribution < -0.4 is 5.32 Å². The van der Waals surface area contributed by atoms with Gasteiger partial charge in [0.1, 0.15) is 6.54 Å². The fourth-order valence-corrected chi connectivity index (χ4v) is 1.59. The number of carbonyl (C=O) groups is 2. The van der Waals surface area contributed by atoms with Gasteiger partial charge in [-0.15, -0.1) is 0 Å². The van der Waals surface area contributed by atoms with Crippen molar-refractivity contribution in [3.8, 4) is 0 Å². The van der Waals surface area contributed by atoms with Crippen LogP contribution in [0, 0.1) is 0 Å². The molecular formula is C14H19NO3. The van der Waals surface area contributed by atoms with Gasteiger partial charge in [-0.3, -0.25) is 9.59 Å². The first-order valence-electron chi connectivity index (χ1n) is 6.06. The summed E-state index contributed by atoms with van der Waals surface area (Å²) < 4.78 is 0. The van der Waals surface area contributed by atoms with Gasteiger partial charge in [-0.05, 0) is 23.5 Å². The molecule has 4 nitrogen and oxygen atoms in total. The number of hydrogen-bond donors (Lipinski definition) is 2. The quantitative estimate of drug-likeness (QED) is 0.809. The van der Waals surface area contributed by atoms with Crippen molar-refractivity contribution in [2.45, 2.75) is 32.6 Å². The van der Waals surface area contributed by atoms with E-state index in [9.17, 15) is 9.59 Å². The van der Waals surface area contributed by atoms with E-state index in [1.54, 1.807) is 0 Å². The van der Waals surface area contributed by atoms with Crippen LogP contribution in [0.5, 0.6) is 0 Å². The van der Waals surface area contributed by atoms with E-state index < -0.39 is 5.97 Å². The van der Waals surface area contributed by atoms with Crippen molar-refractivity contribution in [1.82, 2.24) is 5.32 Å². The first kappa shape index (κ1) is 14.2. The van der Waals surface area contributed by atoms with Gasteiger partial charge in [0.25, 0.3) is 0 Å². The molecule has 0 atom stereocenters. The lowest BCUT2D eigenvalue weighted by molar-refractivity contribution is -0.137. The van der Waals surface area contributed by atoms with Crippen LogP contribution in [0.25, 0.3) is 0 Å². The average Bonchev–Trinajstić information content (AvgIpc) is 2.34. The maximum Gasteiger partial charge on any atom is 0.322 e. The van der Waals surface area contributed by atoms with Crippen molar-refractivity contribution in [1.29, 1.82) is 0 Å². The maximum atomic E-state index is 11.3. The van der Waals surface area contributed by atoms with Gasteiger partial charge in [0.05, 0.1) is 0 Å². The SMILES string of the molecule is CC(C)c1ccc(CCC(=O)NCC(=O)O)cc1. The molecule has 0 aliphatic carbocycles. The van der Waals surface area contributed by atoms with Gasteiger partial charge < -0.3 is 10.4 Å². The molecule has 0 aromatic heterocycles. The monoisotopic (exact) mass is 249 g/mol. The number of rotatable bonds is 6. The molecule has 0 aliphatic heterocycles. The number of carboxylic acid groups (broad SMARTS) is 1. The predicted octanol–water partition coefficient (Wildman–Crippen LogP) is 1.94. The molecule has 18 heavy (non-hydrogen) atoms. The molecule has 0 spiro atoms. The summed E-state index contributed by atoms with van der Waals surface area (Å²) in [6, 6.07) is 8.16. The van der Waals surface area contributed by atoms with Crippen molar-refractivity contribution in [2.24, 2.45) is 0 Å². The molecule has 1 aromatic rings. The van der Waals surface area contributed by atoms with E-state index in [0.717, 1.165) is 5.56 Å². The van der Waals surface area contributed by atoms with Crippen LogP contribution in [0.2, 0.25) is 0 Å². The van der Waals surface area contributed by atoms with Crippen LogP contribution in [0.4, 0.5) is 0 Å². The lowest BCUT2D eigenvalue weighted by atomic mass is 10.0. The molecule has 98 valence electrons. The largest absolute Gasteiger partial charge is 0.480 e. The van der Waals surface area contributed by atoms with Gasteiger partial charge in [-0.25, -0.2) is 0 Å². The van der Waals surface area contributed by atoms with Crippen LogP contribution in [-0.4, -0.2) is 23.5 Å². The van der Waals surface area contributed by atoms with E-state index in [4.69, 9.17) is 5.11 Å². The summed E-state index contributed by atoms with van der Waals surface area (Å²) >= 11 is 0. The minimum Gasteiger partial charge on any atom is -0.480 e. The summed E-state index contributed by atoms with van der Waals surface area (Å²) in [5.74, 6) is -0.757. The van der Waals surface area contributed by atoms with Crippen molar-refractivity contribution < 1.29 is 14.7 Å². The second-order valence-electron chi connectivity index (χ2n) is 4.57. The molecule has 4 heteroatoms. The first-order chi connectivity index (χ1) is 8.49. The van der Waals surface area contributed by atoms with Crippen molar-refractivity contribution in [3.05, 3.63) is 35.4 Å². The molecule has 0 saturated carbocycles. The van der Waals surface area contributed by atoms with Crippen molar-refractivity contribution in [3.63, 3.8) is 0 Å². The summed E-state index contributed by atoms with van der Waals surface area (Å²) in [5.41, 5.74) is 2.36. The van der Waals surface area contributed by atoms with Gasteiger partial charge >= 0.3 is 5.97 Å². The number of amides is 1. The Balaban J connectivity index is 2.39. The Morgan fingerprint density at radius 2 is 1.83 bits per heavy atom. The fraction of sp³-hybridized carbons (Fsp3) is 0.429. The molecule has 1 amide bonds. The Morgan fingerprint density at radius 3 is 2.33 bits per heavy atom. The standard InChI is InChI=1S/C14H19NO3/c1-10(2)12-6-3-11(4-7-12)5-8-13(16)15-9-14(17)18/h3-4,6-7,10H,5,8-9H2,1-2H3,(H,15,16)(H,17,18). The number of carboxylic acids is 1. The lowest BCUT2D eigenvalue weighted by Crippen LogP contribution is -2.29. The third kappa shape index (κ3) is 4.99. The van der Waals surface area contributed by atoms with Gasteiger partial charge in [-0.1, -0.05) is 38.1 Å². The van der Waals surface area contributed by atoms with Crippen LogP contribution in [0.1, 0.15) is 37.3 Å². The topological polar surface area (TPSA) is 66.4 Å². The highest BCUT2D eigenvalue weighted by Gasteiger charge is 2.05. The summed E-state index contributed by atoms with van der Waals surface area (Å²) in [4.78, 5) is 21.6. The first-order valence-corrected chi connectivity index (χ1v) is 6.06. The Bertz CT molecular complexity index is 410. The third-order valence-corrected chi connectivity index (χ3v) is 2.72. The van der Waals surface area contributed by atoms with E-state index >= 15 is 0 Å². The maximum absolute atomic E-state index is 11.3. The van der Waals surface area contributed by atoms with E-state index in [2.05, 4.69) is 31.3 Å². The molecule has 1 aromatic carbocycles. The molecule has 0 heterocycles. The minimum atomic E-state index is -1.02. The molecule has 0 fully saturated rings. The van der Waals surface area contributed by atoms with Crippen LogP contribution >= 0.6 is 0 Å². The summed E-state index contributed by atoms with van der Waals surface area (Å²) in [6.45, 7) is 3.95. The normalized spacial score (nSPS) is 10.4. The summed E-state index contributed by atoms with van der Waals surface area (Å²) in [7, 11) is 0. The Hall–Kier alpha value is -1.84. The second-order valence-corrected chi connectivity index (χ2v) is 4.57. The lowest BCUT2D eigenvalue weighted by Gasteiger charge is -2.07. The zero-order chi connectivity index (χ0) is 13.5. The van der Waals surface area contributed by atoms with Crippen LogP contribution in [0.15, 0.2) is 24.3 Å². The Kier molecular flexibility index (Phi) is 5.36. The summed E-state index contributed by atoms with van der Waals surface area (Å²) in [6.07, 6.45) is 0.943.